The molecule has 2 unspecified atom stereocenters. The van der Waals surface area contributed by atoms with Crippen LogP contribution in [-0.4, -0.2) is 64.4 Å². The van der Waals surface area contributed by atoms with Crippen LogP contribution in [0.4, 0.5) is 0 Å². The van der Waals surface area contributed by atoms with Crippen LogP contribution in [0.3, 0.4) is 0 Å². The first-order valence-electron chi connectivity index (χ1n) is 24.3. The molecule has 1 aromatic rings. The smallest absolute Gasteiger partial charge is 0.333 e. The van der Waals surface area contributed by atoms with E-state index in [1.165, 1.54) is 141 Å². The Balaban J connectivity index is 1.65. The van der Waals surface area contributed by atoms with Gasteiger partial charge in [-0.25, -0.2) is 4.79 Å². The third-order valence-electron chi connectivity index (χ3n) is 11.4. The van der Waals surface area contributed by atoms with E-state index in [9.17, 15) is 15.0 Å². The molecule has 1 aliphatic rings. The van der Waals surface area contributed by atoms with E-state index in [0.29, 0.717) is 13.0 Å². The molecule has 1 aliphatic heterocycles. The second kappa shape index (κ2) is 35.9. The van der Waals surface area contributed by atoms with Crippen LogP contribution in [0.25, 0.3) is 0 Å². The highest BCUT2D eigenvalue weighted by Crippen LogP contribution is 2.36. The summed E-state index contributed by atoms with van der Waals surface area (Å²) in [6.45, 7) is 7.10. The van der Waals surface area contributed by atoms with Gasteiger partial charge in [0, 0.05) is 37.9 Å². The molecule has 0 saturated carbocycles. The Bertz CT molecular complexity index is 1250. The molecule has 8 nitrogen and oxygen atoms in total. The molecule has 59 heavy (non-hydrogen) atoms. The SMILES string of the molecule is CCCCCC=CCC=CCCCCCCCCC1(CCCCCCCC=CCC=CCCCCC)OCC(CCN(C)CCCCCC(=O)On2c(O)ccc2O)O1. The normalized spacial score (nSPS) is 17.3. The second-order valence-electron chi connectivity index (χ2n) is 17.0. The van der Waals surface area contributed by atoms with Gasteiger partial charge in [-0.15, -0.1) is 4.73 Å². The number of hydrogen-bond donors (Lipinski definition) is 2. The molecule has 8 heteroatoms. The lowest BCUT2D eigenvalue weighted by Gasteiger charge is -2.29. The van der Waals surface area contributed by atoms with Gasteiger partial charge in [0.05, 0.1) is 12.7 Å². The van der Waals surface area contributed by atoms with Crippen LogP contribution in [0.1, 0.15) is 206 Å². The number of aromatic hydroxyl groups is 2. The minimum Gasteiger partial charge on any atom is -0.492 e. The zero-order chi connectivity index (χ0) is 42.5. The van der Waals surface area contributed by atoms with E-state index in [1.807, 2.05) is 0 Å². The monoisotopic (exact) mass is 825 g/mol. The number of carbonyl (C=O) groups excluding carboxylic acids is 1. The minimum absolute atomic E-state index is 0.135. The summed E-state index contributed by atoms with van der Waals surface area (Å²) in [6, 6.07) is 2.55. The van der Waals surface area contributed by atoms with Crippen LogP contribution in [0, 0.1) is 0 Å². The third-order valence-corrected chi connectivity index (χ3v) is 11.4. The number of rotatable bonds is 39. The van der Waals surface area contributed by atoms with E-state index >= 15 is 0 Å². The van der Waals surface area contributed by atoms with Gasteiger partial charge in [0.15, 0.2) is 5.79 Å². The van der Waals surface area contributed by atoms with E-state index < -0.39 is 11.8 Å². The summed E-state index contributed by atoms with van der Waals surface area (Å²) in [5.74, 6) is -1.50. The molecule has 0 radical (unpaired) electrons. The maximum Gasteiger partial charge on any atom is 0.333 e. The van der Waals surface area contributed by atoms with Crippen LogP contribution in [-0.2, 0) is 14.3 Å². The van der Waals surface area contributed by atoms with E-state index in [0.717, 1.165) is 69.2 Å². The number of aromatic nitrogens is 1. The van der Waals surface area contributed by atoms with Gasteiger partial charge in [-0.1, -0.05) is 140 Å². The van der Waals surface area contributed by atoms with Crippen LogP contribution >= 0.6 is 0 Å². The number of ether oxygens (including phenoxy) is 2. The van der Waals surface area contributed by atoms with Gasteiger partial charge in [-0.05, 0) is 110 Å². The molecule has 2 rings (SSSR count). The lowest BCUT2D eigenvalue weighted by molar-refractivity contribution is -0.180. The Morgan fingerprint density at radius 3 is 1.63 bits per heavy atom. The van der Waals surface area contributed by atoms with E-state index in [-0.39, 0.29) is 24.3 Å². The molecule has 2 atom stereocenters. The highest BCUT2D eigenvalue weighted by Gasteiger charge is 2.40. The molecule has 0 aliphatic carbocycles. The number of hydrogen-bond acceptors (Lipinski definition) is 7. The first-order chi connectivity index (χ1) is 28.9. The maximum atomic E-state index is 12.1. The van der Waals surface area contributed by atoms with E-state index in [4.69, 9.17) is 14.3 Å². The van der Waals surface area contributed by atoms with Crippen molar-refractivity contribution in [2.24, 2.45) is 0 Å². The fraction of sp³-hybridized carbons (Fsp3) is 0.745. The fourth-order valence-electron chi connectivity index (χ4n) is 7.68. The van der Waals surface area contributed by atoms with Crippen LogP contribution in [0.2, 0.25) is 0 Å². The van der Waals surface area contributed by atoms with Gasteiger partial charge >= 0.3 is 5.97 Å². The predicted molar refractivity (Wildman–Crippen MR) is 247 cm³/mol. The van der Waals surface area contributed by atoms with Crippen molar-refractivity contribution in [3.05, 3.63) is 60.7 Å². The summed E-state index contributed by atoms with van der Waals surface area (Å²) in [4.78, 5) is 19.5. The van der Waals surface area contributed by atoms with Crippen LogP contribution in [0.15, 0.2) is 60.7 Å². The molecule has 1 saturated heterocycles. The van der Waals surface area contributed by atoms with Crippen molar-refractivity contribution in [3.8, 4) is 11.8 Å². The molecule has 2 heterocycles. The summed E-state index contributed by atoms with van der Waals surface area (Å²) in [6.07, 6.45) is 53.3. The van der Waals surface area contributed by atoms with E-state index in [2.05, 4.69) is 74.4 Å². The predicted octanol–water partition coefficient (Wildman–Crippen LogP) is 13.9. The van der Waals surface area contributed by atoms with Crippen LogP contribution in [0.5, 0.6) is 11.8 Å². The maximum absolute atomic E-state index is 12.1. The highest BCUT2D eigenvalue weighted by molar-refractivity contribution is 5.69. The van der Waals surface area contributed by atoms with Crippen molar-refractivity contribution in [1.29, 1.82) is 0 Å². The van der Waals surface area contributed by atoms with Gasteiger partial charge < -0.3 is 29.4 Å². The molecule has 1 aromatic heterocycles. The highest BCUT2D eigenvalue weighted by atomic mass is 16.7. The number of unbranched alkanes of at least 4 members (excludes halogenated alkanes) is 19. The summed E-state index contributed by atoms with van der Waals surface area (Å²) >= 11 is 0. The number of allylic oxidation sites excluding steroid dienone is 8. The quantitative estimate of drug-likeness (QED) is 0.0504. The minimum atomic E-state index is -0.475. The molecule has 1 fully saturated rings. The van der Waals surface area contributed by atoms with Crippen molar-refractivity contribution in [2.45, 2.75) is 218 Å². The van der Waals surface area contributed by atoms with Crippen molar-refractivity contribution in [3.63, 3.8) is 0 Å². The lowest BCUT2D eigenvalue weighted by atomic mass is 9.98. The molecule has 0 spiro atoms. The molecule has 0 bridgehead atoms. The summed E-state index contributed by atoms with van der Waals surface area (Å²) < 4.78 is 14.1. The fourth-order valence-corrected chi connectivity index (χ4v) is 7.68. The molecular formula is C51H88N2O6. The van der Waals surface area contributed by atoms with E-state index in [1.54, 1.807) is 0 Å². The van der Waals surface area contributed by atoms with Crippen molar-refractivity contribution < 1.29 is 29.3 Å². The average molecular weight is 825 g/mol. The average Bonchev–Trinajstić information content (AvgIpc) is 3.79. The van der Waals surface area contributed by atoms with Gasteiger partial charge in [-0.3, -0.25) is 0 Å². The Hall–Kier alpha value is -2.81. The van der Waals surface area contributed by atoms with Crippen LogP contribution < -0.4 is 4.84 Å². The van der Waals surface area contributed by atoms with Crippen molar-refractivity contribution in [2.75, 3.05) is 26.7 Å². The lowest BCUT2D eigenvalue weighted by Crippen LogP contribution is -2.32. The Labute approximate surface area is 361 Å². The van der Waals surface area contributed by atoms with Crippen molar-refractivity contribution >= 4 is 5.97 Å². The zero-order valence-electron chi connectivity index (χ0n) is 38.1. The van der Waals surface area contributed by atoms with Gasteiger partial charge in [-0.2, -0.15) is 0 Å². The topological polar surface area (TPSA) is 93.4 Å². The second-order valence-corrected chi connectivity index (χ2v) is 17.0. The summed E-state index contributed by atoms with van der Waals surface area (Å²) in [7, 11) is 2.15. The largest absolute Gasteiger partial charge is 0.492 e. The zero-order valence-corrected chi connectivity index (χ0v) is 38.1. The number of carbonyl (C=O) groups is 1. The van der Waals surface area contributed by atoms with Gasteiger partial charge in [0.2, 0.25) is 11.8 Å². The third kappa shape index (κ3) is 27.6. The molecule has 2 N–H and O–H groups in total. The number of nitrogens with zero attached hydrogens (tertiary/aromatic N) is 2. The molecule has 338 valence electrons. The summed E-state index contributed by atoms with van der Waals surface area (Å²) in [5.41, 5.74) is 0. The standard InChI is InChI=1S/C51H88N2O6/c1-4-6-8-10-12-14-16-18-20-22-24-26-28-30-32-36-43-51(42-35-31-29-27-25-23-21-19-17-15-13-11-9-7-5-2)57-46-47(58-51)41-45-52(3)44-37-33-34-38-50(56)59-53-48(54)39-40-49(53)55/h12-15,18-21,39-40,47,54-55H,4-11,16-17,22-38,41-46H2,1-3H3. The Morgan fingerprint density at radius 1 is 0.661 bits per heavy atom. The van der Waals surface area contributed by atoms with Crippen molar-refractivity contribution in [1.82, 2.24) is 9.63 Å². The Kier molecular flexibility index (Phi) is 31.8. The van der Waals surface area contributed by atoms with Gasteiger partial charge in [0.1, 0.15) is 0 Å². The first-order valence-corrected chi connectivity index (χ1v) is 24.3. The van der Waals surface area contributed by atoms with Gasteiger partial charge in [0.25, 0.3) is 0 Å². The first kappa shape index (κ1) is 52.3. The molecular weight excluding hydrogens is 737 g/mol. The summed E-state index contributed by atoms with van der Waals surface area (Å²) in [5, 5.41) is 19.3. The molecule has 0 aromatic carbocycles. The molecule has 0 amide bonds. The Morgan fingerprint density at radius 2 is 1.12 bits per heavy atom.